The van der Waals surface area contributed by atoms with Gasteiger partial charge in [-0.3, -0.25) is 0 Å². The minimum Gasteiger partial charge on any atom is -0.448 e. The molecule has 5 heteroatoms. The first-order valence-electron chi connectivity index (χ1n) is 4.89. The Kier molecular flexibility index (Phi) is 8.27. The summed E-state index contributed by atoms with van der Waals surface area (Å²) in [5, 5.41) is 12.1. The van der Waals surface area contributed by atoms with Crippen LogP contribution in [0.25, 0.3) is 0 Å². The van der Waals surface area contributed by atoms with Gasteiger partial charge in [-0.1, -0.05) is 33.1 Å². The Morgan fingerprint density at radius 3 is 2.64 bits per heavy atom. The molecule has 0 fully saturated rings. The SMILES string of the molecule is CCCCC(CC)COOOC(=O)O. The third-order valence-electron chi connectivity index (χ3n) is 2.00. The van der Waals surface area contributed by atoms with Crippen LogP contribution in [0.1, 0.15) is 39.5 Å². The van der Waals surface area contributed by atoms with E-state index in [0.717, 1.165) is 25.7 Å². The number of rotatable bonds is 8. The zero-order valence-corrected chi connectivity index (χ0v) is 8.69. The van der Waals surface area contributed by atoms with Crippen LogP contribution in [-0.4, -0.2) is 17.9 Å². The Labute approximate surface area is 83.8 Å². The maximum Gasteiger partial charge on any atom is 0.540 e. The molecule has 1 N–H and O–H groups in total. The smallest absolute Gasteiger partial charge is 0.448 e. The van der Waals surface area contributed by atoms with Gasteiger partial charge in [0.1, 0.15) is 0 Å². The Morgan fingerprint density at radius 2 is 2.14 bits per heavy atom. The lowest BCUT2D eigenvalue weighted by Crippen LogP contribution is -2.11. The fourth-order valence-electron chi connectivity index (χ4n) is 1.08. The summed E-state index contributed by atoms with van der Waals surface area (Å²) < 4.78 is 0. The molecule has 0 aromatic rings. The molecule has 0 rings (SSSR count). The van der Waals surface area contributed by atoms with Gasteiger partial charge in [0.15, 0.2) is 0 Å². The highest BCUT2D eigenvalue weighted by Gasteiger charge is 2.07. The van der Waals surface area contributed by atoms with Gasteiger partial charge in [-0.15, -0.1) is 0 Å². The summed E-state index contributed by atoms with van der Waals surface area (Å²) in [5.41, 5.74) is 0. The van der Waals surface area contributed by atoms with E-state index in [4.69, 9.17) is 5.11 Å². The molecule has 0 aromatic carbocycles. The van der Waals surface area contributed by atoms with Gasteiger partial charge in [0.05, 0.1) is 6.61 Å². The first kappa shape index (κ1) is 13.2. The molecule has 0 bridgehead atoms. The van der Waals surface area contributed by atoms with E-state index >= 15 is 0 Å². The van der Waals surface area contributed by atoms with E-state index in [2.05, 4.69) is 28.7 Å². The third kappa shape index (κ3) is 7.82. The van der Waals surface area contributed by atoms with E-state index in [1.807, 2.05) is 0 Å². The van der Waals surface area contributed by atoms with Crippen molar-refractivity contribution >= 4 is 6.16 Å². The summed E-state index contributed by atoms with van der Waals surface area (Å²) in [5.74, 6) is 0.396. The van der Waals surface area contributed by atoms with Crippen LogP contribution in [0.3, 0.4) is 0 Å². The third-order valence-corrected chi connectivity index (χ3v) is 2.00. The van der Waals surface area contributed by atoms with Gasteiger partial charge in [-0.05, 0) is 17.4 Å². The Bertz CT molecular complexity index is 148. The highest BCUT2D eigenvalue weighted by atomic mass is 17.5. The molecule has 0 aliphatic rings. The summed E-state index contributed by atoms with van der Waals surface area (Å²) >= 11 is 0. The molecule has 0 radical (unpaired) electrons. The molecule has 1 atom stereocenters. The zero-order chi connectivity index (χ0) is 10.8. The molecule has 0 heterocycles. The molecule has 0 aliphatic heterocycles. The van der Waals surface area contributed by atoms with Crippen molar-refractivity contribution in [3.8, 4) is 0 Å². The lowest BCUT2D eigenvalue weighted by atomic mass is 10.0. The van der Waals surface area contributed by atoms with Gasteiger partial charge in [-0.25, -0.2) is 9.68 Å². The van der Waals surface area contributed by atoms with Crippen LogP contribution in [0, 0.1) is 5.92 Å². The number of carboxylic acid groups (broad SMARTS) is 1. The molecule has 0 saturated heterocycles. The second kappa shape index (κ2) is 8.77. The molecule has 0 saturated carbocycles. The van der Waals surface area contributed by atoms with Crippen LogP contribution in [0.15, 0.2) is 0 Å². The van der Waals surface area contributed by atoms with Gasteiger partial charge < -0.3 is 5.11 Å². The fourth-order valence-corrected chi connectivity index (χ4v) is 1.08. The van der Waals surface area contributed by atoms with Gasteiger partial charge >= 0.3 is 6.16 Å². The molecule has 1 unspecified atom stereocenters. The lowest BCUT2D eigenvalue weighted by molar-refractivity contribution is -0.488. The number of hydrogen-bond donors (Lipinski definition) is 1. The maximum atomic E-state index is 9.86. The minimum atomic E-state index is -1.51. The molecule has 84 valence electrons. The maximum absolute atomic E-state index is 9.86. The molecule has 0 spiro atoms. The van der Waals surface area contributed by atoms with Crippen LogP contribution >= 0.6 is 0 Å². The van der Waals surface area contributed by atoms with Crippen molar-refractivity contribution in [2.75, 3.05) is 6.61 Å². The minimum absolute atomic E-state index is 0.365. The van der Waals surface area contributed by atoms with Crippen molar-refractivity contribution in [1.29, 1.82) is 0 Å². The molecular weight excluding hydrogens is 188 g/mol. The summed E-state index contributed by atoms with van der Waals surface area (Å²) in [7, 11) is 0. The molecule has 0 aliphatic carbocycles. The number of unbranched alkanes of at least 4 members (excludes halogenated alkanes) is 1. The quantitative estimate of drug-likeness (QED) is 0.376. The van der Waals surface area contributed by atoms with Crippen molar-refractivity contribution in [3.63, 3.8) is 0 Å². The predicted molar refractivity (Wildman–Crippen MR) is 49.5 cm³/mol. The van der Waals surface area contributed by atoms with Gasteiger partial charge in [0.2, 0.25) is 0 Å². The largest absolute Gasteiger partial charge is 0.540 e. The monoisotopic (exact) mass is 206 g/mol. The Morgan fingerprint density at radius 1 is 1.43 bits per heavy atom. The first-order chi connectivity index (χ1) is 6.70. The highest BCUT2D eigenvalue weighted by Crippen LogP contribution is 2.12. The topological polar surface area (TPSA) is 65.0 Å². The van der Waals surface area contributed by atoms with Crippen molar-refractivity contribution in [1.82, 2.24) is 0 Å². The molecule has 5 nitrogen and oxygen atoms in total. The van der Waals surface area contributed by atoms with Crippen LogP contribution in [0.4, 0.5) is 4.79 Å². The lowest BCUT2D eigenvalue weighted by Gasteiger charge is -2.11. The normalized spacial score (nSPS) is 12.4. The summed E-state index contributed by atoms with van der Waals surface area (Å²) in [6, 6.07) is 0. The van der Waals surface area contributed by atoms with Crippen LogP contribution in [0.2, 0.25) is 0 Å². The summed E-state index contributed by atoms with van der Waals surface area (Å²) in [6.07, 6.45) is 2.82. The van der Waals surface area contributed by atoms with Gasteiger partial charge in [0.25, 0.3) is 0 Å². The zero-order valence-electron chi connectivity index (χ0n) is 8.69. The second-order valence-electron chi connectivity index (χ2n) is 3.12. The van der Waals surface area contributed by atoms with E-state index in [0.29, 0.717) is 12.5 Å². The van der Waals surface area contributed by atoms with E-state index in [-0.39, 0.29) is 0 Å². The Hall–Kier alpha value is -0.810. The number of carbonyl (C=O) groups is 1. The van der Waals surface area contributed by atoms with Crippen LogP contribution in [-0.2, 0) is 14.8 Å². The van der Waals surface area contributed by atoms with Crippen LogP contribution in [0.5, 0.6) is 0 Å². The first-order valence-corrected chi connectivity index (χ1v) is 4.89. The van der Waals surface area contributed by atoms with Crippen molar-refractivity contribution in [2.45, 2.75) is 39.5 Å². The van der Waals surface area contributed by atoms with E-state index in [1.54, 1.807) is 0 Å². The average molecular weight is 206 g/mol. The van der Waals surface area contributed by atoms with Crippen molar-refractivity contribution in [3.05, 3.63) is 0 Å². The van der Waals surface area contributed by atoms with Gasteiger partial charge in [0, 0.05) is 0 Å². The summed E-state index contributed by atoms with van der Waals surface area (Å²) in [4.78, 5) is 18.2. The Balaban J connectivity index is 3.37. The van der Waals surface area contributed by atoms with Gasteiger partial charge in [-0.2, -0.15) is 4.89 Å². The van der Waals surface area contributed by atoms with Crippen molar-refractivity contribution < 1.29 is 24.7 Å². The molecular formula is C9H18O5. The molecule has 0 amide bonds. The predicted octanol–water partition coefficient (Wildman–Crippen LogP) is 2.76. The van der Waals surface area contributed by atoms with Crippen molar-refractivity contribution in [2.24, 2.45) is 5.92 Å². The second-order valence-corrected chi connectivity index (χ2v) is 3.12. The fraction of sp³-hybridized carbons (Fsp3) is 0.889. The van der Waals surface area contributed by atoms with Crippen LogP contribution < -0.4 is 0 Å². The summed E-state index contributed by atoms with van der Waals surface area (Å²) in [6.45, 7) is 4.54. The molecule has 0 aromatic heterocycles. The average Bonchev–Trinajstić information content (AvgIpc) is 2.16. The standard InChI is InChI=1S/C9H18O5/c1-3-5-6-8(4-2)7-12-14-13-9(10)11/h8H,3-7H2,1-2H3,(H,10,11). The van der Waals surface area contributed by atoms with E-state index < -0.39 is 6.16 Å². The van der Waals surface area contributed by atoms with E-state index in [1.165, 1.54) is 0 Å². The number of hydrogen-bond acceptors (Lipinski definition) is 4. The molecule has 14 heavy (non-hydrogen) atoms. The highest BCUT2D eigenvalue weighted by molar-refractivity contribution is 5.55. The van der Waals surface area contributed by atoms with E-state index in [9.17, 15) is 4.79 Å².